The Hall–Kier alpha value is -1.64. The predicted molar refractivity (Wildman–Crippen MR) is 83.7 cm³/mol. The van der Waals surface area contributed by atoms with Crippen molar-refractivity contribution in [1.82, 2.24) is 5.32 Å². The van der Waals surface area contributed by atoms with Crippen LogP contribution in [-0.4, -0.2) is 17.7 Å². The van der Waals surface area contributed by atoms with Crippen molar-refractivity contribution in [3.8, 4) is 0 Å². The largest absolute Gasteiger partial charge is 0.387 e. The highest BCUT2D eigenvalue weighted by Crippen LogP contribution is 2.18. The first-order valence-electron chi connectivity index (χ1n) is 7.20. The van der Waals surface area contributed by atoms with Crippen LogP contribution in [0.2, 0.25) is 0 Å². The molecule has 3 unspecified atom stereocenters. The monoisotopic (exact) mass is 269 g/mol. The van der Waals surface area contributed by atoms with Crippen LogP contribution < -0.4 is 5.32 Å². The van der Waals surface area contributed by atoms with Crippen LogP contribution in [0.3, 0.4) is 0 Å². The summed E-state index contributed by atoms with van der Waals surface area (Å²) in [6.07, 6.45) is -0.473. The summed E-state index contributed by atoms with van der Waals surface area (Å²) in [5, 5.41) is 13.7. The van der Waals surface area contributed by atoms with Gasteiger partial charge in [0.15, 0.2) is 0 Å². The van der Waals surface area contributed by atoms with Crippen molar-refractivity contribution < 1.29 is 5.11 Å². The van der Waals surface area contributed by atoms with Crippen LogP contribution in [0.15, 0.2) is 60.7 Å². The molecule has 0 aromatic heterocycles. The Kier molecular flexibility index (Phi) is 5.33. The summed E-state index contributed by atoms with van der Waals surface area (Å²) in [7, 11) is 0. The molecule has 20 heavy (non-hydrogen) atoms. The Balaban J connectivity index is 1.87. The van der Waals surface area contributed by atoms with Crippen LogP contribution in [0.1, 0.15) is 37.0 Å². The molecule has 2 heteroatoms. The standard InChI is InChI=1S/C18H23NO/c1-14(16-9-5-3-6-10-16)13-19-15(2)18(20)17-11-7-4-8-12-17/h3-12,14-15,18-20H,13H2,1-2H3. The van der Waals surface area contributed by atoms with Crippen molar-refractivity contribution in [3.05, 3.63) is 71.8 Å². The molecule has 0 fully saturated rings. The molecule has 0 aliphatic rings. The number of hydrogen-bond acceptors (Lipinski definition) is 2. The zero-order valence-electron chi connectivity index (χ0n) is 12.2. The maximum Gasteiger partial charge on any atom is 0.0940 e. The lowest BCUT2D eigenvalue weighted by Gasteiger charge is -2.23. The van der Waals surface area contributed by atoms with Crippen LogP contribution in [0.25, 0.3) is 0 Å². The van der Waals surface area contributed by atoms with E-state index in [0.29, 0.717) is 5.92 Å². The molecule has 3 atom stereocenters. The average molecular weight is 269 g/mol. The van der Waals surface area contributed by atoms with Crippen molar-refractivity contribution in [2.45, 2.75) is 31.9 Å². The topological polar surface area (TPSA) is 32.3 Å². The summed E-state index contributed by atoms with van der Waals surface area (Å²) < 4.78 is 0. The summed E-state index contributed by atoms with van der Waals surface area (Å²) in [4.78, 5) is 0. The third-order valence-electron chi connectivity index (χ3n) is 3.73. The minimum Gasteiger partial charge on any atom is -0.387 e. The number of nitrogens with one attached hydrogen (secondary N) is 1. The zero-order chi connectivity index (χ0) is 14.4. The highest BCUT2D eigenvalue weighted by Gasteiger charge is 2.16. The normalized spacial score (nSPS) is 15.6. The van der Waals surface area contributed by atoms with E-state index in [-0.39, 0.29) is 6.04 Å². The quantitative estimate of drug-likeness (QED) is 0.841. The first-order chi connectivity index (χ1) is 9.68. The number of aliphatic hydroxyl groups is 1. The van der Waals surface area contributed by atoms with Gasteiger partial charge in [0.25, 0.3) is 0 Å². The Morgan fingerprint density at radius 1 is 0.850 bits per heavy atom. The average Bonchev–Trinajstić information content (AvgIpc) is 2.53. The fourth-order valence-corrected chi connectivity index (χ4v) is 2.31. The lowest BCUT2D eigenvalue weighted by molar-refractivity contribution is 0.135. The SMILES string of the molecule is CC(CNC(C)C(O)c1ccccc1)c1ccccc1. The second-order valence-electron chi connectivity index (χ2n) is 5.36. The van der Waals surface area contributed by atoms with Gasteiger partial charge in [-0.2, -0.15) is 0 Å². The van der Waals surface area contributed by atoms with Gasteiger partial charge in [0.2, 0.25) is 0 Å². The van der Waals surface area contributed by atoms with Crippen LogP contribution in [0.5, 0.6) is 0 Å². The van der Waals surface area contributed by atoms with Gasteiger partial charge < -0.3 is 10.4 Å². The van der Waals surface area contributed by atoms with E-state index in [2.05, 4.69) is 36.5 Å². The number of rotatable bonds is 6. The van der Waals surface area contributed by atoms with E-state index in [1.807, 2.05) is 43.3 Å². The third kappa shape index (κ3) is 3.92. The lowest BCUT2D eigenvalue weighted by atomic mass is 9.99. The molecular formula is C18H23NO. The minimum atomic E-state index is -0.473. The second-order valence-corrected chi connectivity index (χ2v) is 5.36. The fraction of sp³-hybridized carbons (Fsp3) is 0.333. The molecule has 0 bridgehead atoms. The lowest BCUT2D eigenvalue weighted by Crippen LogP contribution is -2.34. The molecule has 0 heterocycles. The second kappa shape index (κ2) is 7.22. The van der Waals surface area contributed by atoms with Crippen LogP contribution in [0.4, 0.5) is 0 Å². The Morgan fingerprint density at radius 3 is 1.90 bits per heavy atom. The molecule has 0 saturated heterocycles. The van der Waals surface area contributed by atoms with E-state index in [1.54, 1.807) is 0 Å². The van der Waals surface area contributed by atoms with Crippen LogP contribution in [0, 0.1) is 0 Å². The van der Waals surface area contributed by atoms with Gasteiger partial charge in [0.05, 0.1) is 6.10 Å². The van der Waals surface area contributed by atoms with Crippen LogP contribution >= 0.6 is 0 Å². The molecular weight excluding hydrogens is 246 g/mol. The smallest absolute Gasteiger partial charge is 0.0940 e. The molecule has 0 aliphatic carbocycles. The van der Waals surface area contributed by atoms with E-state index in [1.165, 1.54) is 5.56 Å². The molecule has 2 nitrogen and oxygen atoms in total. The highest BCUT2D eigenvalue weighted by atomic mass is 16.3. The summed E-state index contributed by atoms with van der Waals surface area (Å²) in [5.41, 5.74) is 2.28. The summed E-state index contributed by atoms with van der Waals surface area (Å²) in [5.74, 6) is 0.432. The van der Waals surface area contributed by atoms with Crippen molar-refractivity contribution in [1.29, 1.82) is 0 Å². The number of benzene rings is 2. The van der Waals surface area contributed by atoms with E-state index >= 15 is 0 Å². The van der Waals surface area contributed by atoms with E-state index in [4.69, 9.17) is 0 Å². The van der Waals surface area contributed by atoms with Crippen molar-refractivity contribution >= 4 is 0 Å². The molecule has 106 valence electrons. The Morgan fingerprint density at radius 2 is 1.35 bits per heavy atom. The van der Waals surface area contributed by atoms with Crippen LogP contribution in [-0.2, 0) is 0 Å². The Labute approximate surface area is 121 Å². The van der Waals surface area contributed by atoms with Gasteiger partial charge in [-0.25, -0.2) is 0 Å². The van der Waals surface area contributed by atoms with E-state index in [9.17, 15) is 5.11 Å². The van der Waals surface area contributed by atoms with E-state index < -0.39 is 6.10 Å². The molecule has 0 radical (unpaired) electrons. The highest BCUT2D eigenvalue weighted by molar-refractivity contribution is 5.20. The van der Waals surface area contributed by atoms with Crippen molar-refractivity contribution in [2.24, 2.45) is 0 Å². The molecule has 2 N–H and O–H groups in total. The van der Waals surface area contributed by atoms with Gasteiger partial charge in [-0.05, 0) is 24.0 Å². The first kappa shape index (κ1) is 14.8. The van der Waals surface area contributed by atoms with Gasteiger partial charge in [-0.3, -0.25) is 0 Å². The molecule has 0 spiro atoms. The molecule has 2 aromatic carbocycles. The van der Waals surface area contributed by atoms with Gasteiger partial charge in [-0.1, -0.05) is 67.6 Å². The zero-order valence-corrected chi connectivity index (χ0v) is 12.2. The number of hydrogen-bond donors (Lipinski definition) is 2. The minimum absolute atomic E-state index is 0.0311. The molecule has 0 aliphatic heterocycles. The maximum absolute atomic E-state index is 10.3. The summed E-state index contributed by atoms with van der Waals surface area (Å²) in [6, 6.07) is 20.3. The van der Waals surface area contributed by atoms with Crippen molar-refractivity contribution in [2.75, 3.05) is 6.54 Å². The Bertz CT molecular complexity index is 497. The van der Waals surface area contributed by atoms with E-state index in [0.717, 1.165) is 12.1 Å². The van der Waals surface area contributed by atoms with Gasteiger partial charge in [-0.15, -0.1) is 0 Å². The van der Waals surface area contributed by atoms with Gasteiger partial charge >= 0.3 is 0 Å². The maximum atomic E-state index is 10.3. The fourth-order valence-electron chi connectivity index (χ4n) is 2.31. The first-order valence-corrected chi connectivity index (χ1v) is 7.20. The summed E-state index contributed by atoms with van der Waals surface area (Å²) >= 11 is 0. The molecule has 2 rings (SSSR count). The number of aliphatic hydroxyl groups excluding tert-OH is 1. The third-order valence-corrected chi connectivity index (χ3v) is 3.73. The van der Waals surface area contributed by atoms with Crippen molar-refractivity contribution in [3.63, 3.8) is 0 Å². The molecule has 0 saturated carbocycles. The summed E-state index contributed by atoms with van der Waals surface area (Å²) in [6.45, 7) is 5.08. The molecule has 2 aromatic rings. The molecule has 0 amide bonds. The van der Waals surface area contributed by atoms with Gasteiger partial charge in [0.1, 0.15) is 0 Å². The predicted octanol–water partition coefficient (Wildman–Crippen LogP) is 3.50. The van der Waals surface area contributed by atoms with Gasteiger partial charge in [0, 0.05) is 12.6 Å².